The summed E-state index contributed by atoms with van der Waals surface area (Å²) in [6.45, 7) is 0. The zero-order valence-electron chi connectivity index (χ0n) is 19.3. The predicted octanol–water partition coefficient (Wildman–Crippen LogP) is 2.18. The molecule has 182 valence electrons. The van der Waals surface area contributed by atoms with Crippen molar-refractivity contribution in [3.8, 4) is 22.9 Å². The minimum absolute atomic E-state index is 0.241. The molecule has 6 heterocycles. The van der Waals surface area contributed by atoms with E-state index < -0.39 is 6.23 Å². The smallest absolute Gasteiger partial charge is 0.266 e. The van der Waals surface area contributed by atoms with Crippen molar-refractivity contribution in [1.82, 2.24) is 35.2 Å². The van der Waals surface area contributed by atoms with Crippen molar-refractivity contribution < 1.29 is 14.6 Å². The monoisotopic (exact) mass is 486 g/mol. The summed E-state index contributed by atoms with van der Waals surface area (Å²) in [6, 6.07) is 3.83. The van der Waals surface area contributed by atoms with Gasteiger partial charge >= 0.3 is 0 Å². The number of hydrogen-bond donors (Lipinski definition) is 5. The van der Waals surface area contributed by atoms with Crippen LogP contribution < -0.4 is 20.3 Å². The van der Waals surface area contributed by atoms with Crippen LogP contribution in [0.5, 0.6) is 11.5 Å². The van der Waals surface area contributed by atoms with Crippen molar-refractivity contribution in [1.29, 1.82) is 0 Å². The normalized spacial score (nSPS) is 14.6. The number of fused-ring (bicyclic) bond motifs is 2. The van der Waals surface area contributed by atoms with Crippen LogP contribution in [-0.2, 0) is 0 Å². The van der Waals surface area contributed by atoms with Crippen molar-refractivity contribution >= 4 is 33.7 Å². The number of ether oxygens (including phenoxy) is 2. The van der Waals surface area contributed by atoms with Gasteiger partial charge in [0.25, 0.3) is 5.56 Å². The van der Waals surface area contributed by atoms with Crippen LogP contribution in [0.4, 0.5) is 0 Å². The molecule has 1 aliphatic rings. The third-order valence-corrected chi connectivity index (χ3v) is 5.46. The summed E-state index contributed by atoms with van der Waals surface area (Å²) in [5.74, 6) is 1.41. The second-order valence-electron chi connectivity index (χ2n) is 7.60. The van der Waals surface area contributed by atoms with Gasteiger partial charge in [-0.05, 0) is 12.1 Å². The number of aliphatic hydroxyl groups excluding tert-OH is 1. The molecular weight excluding hydrogens is 464 g/mol. The van der Waals surface area contributed by atoms with E-state index in [1.165, 1.54) is 18.6 Å². The predicted molar refractivity (Wildman–Crippen MR) is 135 cm³/mol. The van der Waals surface area contributed by atoms with Crippen LogP contribution in [0.2, 0.25) is 0 Å². The zero-order chi connectivity index (χ0) is 25.1. The van der Waals surface area contributed by atoms with Crippen molar-refractivity contribution in [2.45, 2.75) is 6.23 Å². The maximum Gasteiger partial charge on any atom is 0.266 e. The second kappa shape index (κ2) is 9.72. The number of nitrogens with one attached hydrogen (secondary N) is 4. The second-order valence-corrected chi connectivity index (χ2v) is 7.60. The first kappa shape index (κ1) is 22.8. The number of aliphatic imine (C=N–C) groups is 1. The van der Waals surface area contributed by atoms with Crippen molar-refractivity contribution in [2.75, 3.05) is 14.2 Å². The van der Waals surface area contributed by atoms with E-state index in [0.717, 1.165) is 21.8 Å². The molecule has 0 radical (unpaired) electrons. The zero-order valence-corrected chi connectivity index (χ0v) is 19.3. The van der Waals surface area contributed by atoms with Gasteiger partial charge in [-0.2, -0.15) is 0 Å². The summed E-state index contributed by atoms with van der Waals surface area (Å²) < 4.78 is 10.5. The molecule has 0 amide bonds. The van der Waals surface area contributed by atoms with Gasteiger partial charge in [0.15, 0.2) is 6.23 Å². The van der Waals surface area contributed by atoms with Crippen molar-refractivity contribution in [3.05, 3.63) is 71.6 Å². The van der Waals surface area contributed by atoms with E-state index in [0.29, 0.717) is 34.3 Å². The van der Waals surface area contributed by atoms with Crippen molar-refractivity contribution in [2.24, 2.45) is 4.99 Å². The molecule has 1 atom stereocenters. The molecule has 0 aliphatic carbocycles. The number of aromatic amines is 3. The average Bonchev–Trinajstić information content (AvgIpc) is 3.60. The van der Waals surface area contributed by atoms with Crippen LogP contribution in [0.25, 0.3) is 38.9 Å². The van der Waals surface area contributed by atoms with Gasteiger partial charge in [-0.3, -0.25) is 9.79 Å². The standard InChI is InChI=1S/C12H12N4O2.C12H10N4O2/c2*1-18-9-5-16-12(11-7(9)2-3-13-11)8-4-15-10(17)6-14-8/h2-6,10,13,15,17H,1H3;2-6,13H,1H3,(H,15,17). The fraction of sp³-hybridized carbons (Fsp3) is 0.125. The third kappa shape index (κ3) is 4.28. The Labute approximate surface area is 203 Å². The molecule has 1 aliphatic heterocycles. The average molecular weight is 486 g/mol. The maximum absolute atomic E-state index is 11.0. The van der Waals surface area contributed by atoms with Crippen molar-refractivity contribution in [3.63, 3.8) is 0 Å². The quantitative estimate of drug-likeness (QED) is 0.258. The summed E-state index contributed by atoms with van der Waals surface area (Å²) in [7, 11) is 3.21. The van der Waals surface area contributed by atoms with E-state index >= 15 is 0 Å². The Morgan fingerprint density at radius 3 is 2.06 bits per heavy atom. The van der Waals surface area contributed by atoms with Gasteiger partial charge in [0.1, 0.15) is 34.3 Å². The molecule has 0 saturated carbocycles. The van der Waals surface area contributed by atoms with Gasteiger partial charge in [-0.25, -0.2) is 15.0 Å². The van der Waals surface area contributed by atoms with Crippen LogP contribution in [0.1, 0.15) is 5.69 Å². The Bertz CT molecular complexity index is 1630. The molecule has 12 heteroatoms. The largest absolute Gasteiger partial charge is 0.494 e. The molecule has 36 heavy (non-hydrogen) atoms. The summed E-state index contributed by atoms with van der Waals surface area (Å²) in [5, 5.41) is 13.9. The number of rotatable bonds is 4. The Morgan fingerprint density at radius 1 is 0.861 bits per heavy atom. The maximum atomic E-state index is 11.0. The fourth-order valence-corrected chi connectivity index (χ4v) is 3.77. The number of aliphatic hydroxyl groups is 1. The first-order valence-corrected chi connectivity index (χ1v) is 10.8. The van der Waals surface area contributed by atoms with Crippen LogP contribution in [-0.4, -0.2) is 61.7 Å². The molecule has 0 saturated heterocycles. The first-order valence-electron chi connectivity index (χ1n) is 10.8. The van der Waals surface area contributed by atoms with Gasteiger partial charge in [-0.15, -0.1) is 0 Å². The highest BCUT2D eigenvalue weighted by Crippen LogP contribution is 2.31. The highest BCUT2D eigenvalue weighted by molar-refractivity contribution is 5.95. The SMILES string of the molecule is COc1cnc(-c2c[nH]c(=O)cn2)c2[nH]ccc12.COc1cnc(C2=CNC(O)C=N2)c2[nH]ccc12. The number of hydrogen-bond acceptors (Lipinski definition) is 9. The molecule has 5 N–H and O–H groups in total. The Balaban J connectivity index is 0.000000148. The van der Waals surface area contributed by atoms with E-state index in [1.54, 1.807) is 32.8 Å². The van der Waals surface area contributed by atoms with Crippen LogP contribution in [0, 0.1) is 0 Å². The van der Waals surface area contributed by atoms with Gasteiger partial charge in [-0.1, -0.05) is 0 Å². The van der Waals surface area contributed by atoms with E-state index in [9.17, 15) is 9.90 Å². The minimum Gasteiger partial charge on any atom is -0.494 e. The lowest BCUT2D eigenvalue weighted by molar-refractivity contribution is 0.224. The molecule has 12 nitrogen and oxygen atoms in total. The molecule has 5 aromatic rings. The summed E-state index contributed by atoms with van der Waals surface area (Å²) in [5.41, 5.74) is 4.10. The summed E-state index contributed by atoms with van der Waals surface area (Å²) >= 11 is 0. The number of H-pyrrole nitrogens is 3. The number of nitrogens with zero attached hydrogens (tertiary/aromatic N) is 4. The molecule has 0 spiro atoms. The van der Waals surface area contributed by atoms with E-state index in [-0.39, 0.29) is 5.56 Å². The van der Waals surface area contributed by atoms with Crippen LogP contribution in [0.15, 0.2) is 65.3 Å². The Kier molecular flexibility index (Phi) is 6.16. The lowest BCUT2D eigenvalue weighted by atomic mass is 10.2. The molecule has 0 aromatic carbocycles. The number of aromatic nitrogens is 6. The van der Waals surface area contributed by atoms with Gasteiger partial charge < -0.3 is 34.8 Å². The lowest BCUT2D eigenvalue weighted by Crippen LogP contribution is -2.27. The summed E-state index contributed by atoms with van der Waals surface area (Å²) in [6.07, 6.45) is 12.0. The topological polar surface area (TPSA) is 166 Å². The number of methoxy groups -OCH3 is 2. The van der Waals surface area contributed by atoms with Crippen LogP contribution >= 0.6 is 0 Å². The van der Waals surface area contributed by atoms with E-state index in [1.807, 2.05) is 24.5 Å². The summed E-state index contributed by atoms with van der Waals surface area (Å²) in [4.78, 5) is 36.7. The molecule has 1 unspecified atom stereocenters. The molecule has 0 fully saturated rings. The minimum atomic E-state index is -0.744. The van der Waals surface area contributed by atoms with Gasteiger partial charge in [0.2, 0.25) is 0 Å². The Hall–Kier alpha value is -4.97. The van der Waals surface area contributed by atoms with Crippen LogP contribution in [0.3, 0.4) is 0 Å². The Morgan fingerprint density at radius 2 is 1.50 bits per heavy atom. The fourth-order valence-electron chi connectivity index (χ4n) is 3.77. The highest BCUT2D eigenvalue weighted by Gasteiger charge is 2.15. The molecule has 0 bridgehead atoms. The third-order valence-electron chi connectivity index (χ3n) is 5.46. The van der Waals surface area contributed by atoms with E-state index in [2.05, 4.69) is 40.2 Å². The van der Waals surface area contributed by atoms with Gasteiger partial charge in [0.05, 0.1) is 50.1 Å². The lowest BCUT2D eigenvalue weighted by Gasteiger charge is -2.13. The molecule has 6 rings (SSSR count). The van der Waals surface area contributed by atoms with Gasteiger partial charge in [0, 0.05) is 35.6 Å². The highest BCUT2D eigenvalue weighted by atomic mass is 16.5. The van der Waals surface area contributed by atoms with E-state index in [4.69, 9.17) is 9.47 Å². The molecule has 5 aromatic heterocycles. The number of pyridine rings is 2. The molecular formula is C24H22N8O4. The first-order chi connectivity index (χ1) is 17.6.